The van der Waals surface area contributed by atoms with Crippen molar-refractivity contribution in [3.63, 3.8) is 0 Å². The van der Waals surface area contributed by atoms with Crippen LogP contribution in [0.25, 0.3) is 23.0 Å². The number of benzene rings is 1. The van der Waals surface area contributed by atoms with Gasteiger partial charge in [-0.15, -0.1) is 10.2 Å². The van der Waals surface area contributed by atoms with E-state index in [0.717, 1.165) is 18.5 Å². The summed E-state index contributed by atoms with van der Waals surface area (Å²) in [5.41, 5.74) is 3.43. The molecule has 0 saturated carbocycles. The molecule has 0 unspecified atom stereocenters. The fraction of sp³-hybridized carbons (Fsp3) is 0.348. The third-order valence-electron chi connectivity index (χ3n) is 5.09. The number of piperidine rings is 1. The number of aromatic nitrogens is 4. The molecule has 0 spiro atoms. The standard InChI is InChI=1S/C23H27N5O/c1-22(2)13-16(14-23(3,4)27-22)11-21-24-15-19(25-26-21)18-8-7-17(12-20(18)29)28-9-5-6-10-28/h5-12,15,27,29H,13-14H2,1-4H3. The van der Waals surface area contributed by atoms with E-state index in [0.29, 0.717) is 17.1 Å². The van der Waals surface area contributed by atoms with Crippen LogP contribution in [0.5, 0.6) is 5.75 Å². The Morgan fingerprint density at radius 1 is 1.03 bits per heavy atom. The fourth-order valence-electron chi connectivity index (χ4n) is 4.36. The molecule has 1 aromatic carbocycles. The topological polar surface area (TPSA) is 75.9 Å². The second kappa shape index (κ2) is 7.12. The Morgan fingerprint density at radius 2 is 1.72 bits per heavy atom. The summed E-state index contributed by atoms with van der Waals surface area (Å²) in [5, 5.41) is 22.7. The molecule has 6 nitrogen and oxygen atoms in total. The molecular weight excluding hydrogens is 362 g/mol. The Bertz CT molecular complexity index is 1020. The highest BCUT2D eigenvalue weighted by atomic mass is 16.3. The molecule has 2 N–H and O–H groups in total. The maximum Gasteiger partial charge on any atom is 0.174 e. The van der Waals surface area contributed by atoms with Gasteiger partial charge in [-0.1, -0.05) is 5.57 Å². The maximum absolute atomic E-state index is 10.5. The second-order valence-corrected chi connectivity index (χ2v) is 9.04. The van der Waals surface area contributed by atoms with Gasteiger partial charge in [0.25, 0.3) is 0 Å². The first-order chi connectivity index (χ1) is 13.7. The van der Waals surface area contributed by atoms with Gasteiger partial charge in [0.1, 0.15) is 11.4 Å². The lowest BCUT2D eigenvalue weighted by atomic mass is 9.79. The zero-order valence-electron chi connectivity index (χ0n) is 17.3. The Morgan fingerprint density at radius 3 is 2.31 bits per heavy atom. The van der Waals surface area contributed by atoms with Crippen molar-refractivity contribution < 1.29 is 5.11 Å². The number of phenols is 1. The SMILES string of the molecule is CC1(C)CC(=Cc2ncc(-c3ccc(-n4cccc4)cc3O)nn2)CC(C)(C)N1. The minimum Gasteiger partial charge on any atom is -0.507 e. The second-order valence-electron chi connectivity index (χ2n) is 9.04. The molecule has 3 aromatic rings. The molecule has 4 rings (SSSR count). The molecule has 3 heterocycles. The number of nitrogens with one attached hydrogen (secondary N) is 1. The lowest BCUT2D eigenvalue weighted by molar-refractivity contribution is 0.224. The minimum absolute atomic E-state index is 0.0359. The van der Waals surface area contributed by atoms with Crippen LogP contribution >= 0.6 is 0 Å². The van der Waals surface area contributed by atoms with Crippen LogP contribution in [0.4, 0.5) is 0 Å². The highest BCUT2D eigenvalue weighted by molar-refractivity contribution is 5.68. The van der Waals surface area contributed by atoms with Gasteiger partial charge < -0.3 is 15.0 Å². The highest BCUT2D eigenvalue weighted by Gasteiger charge is 2.34. The van der Waals surface area contributed by atoms with Crippen molar-refractivity contribution in [3.8, 4) is 22.7 Å². The average molecular weight is 390 g/mol. The molecular formula is C23H27N5O. The van der Waals surface area contributed by atoms with Gasteiger partial charge >= 0.3 is 0 Å². The Hall–Kier alpha value is -2.99. The van der Waals surface area contributed by atoms with Crippen molar-refractivity contribution in [2.75, 3.05) is 0 Å². The number of nitrogens with zero attached hydrogens (tertiary/aromatic N) is 4. The third-order valence-corrected chi connectivity index (χ3v) is 5.09. The zero-order valence-corrected chi connectivity index (χ0v) is 17.3. The molecule has 0 bridgehead atoms. The molecule has 6 heteroatoms. The van der Waals surface area contributed by atoms with E-state index in [2.05, 4.69) is 48.2 Å². The summed E-state index contributed by atoms with van der Waals surface area (Å²) in [7, 11) is 0. The van der Waals surface area contributed by atoms with Crippen molar-refractivity contribution in [1.29, 1.82) is 0 Å². The van der Waals surface area contributed by atoms with Gasteiger partial charge in [-0.05, 0) is 70.9 Å². The lowest BCUT2D eigenvalue weighted by Crippen LogP contribution is -2.55. The minimum atomic E-state index is 0.0359. The quantitative estimate of drug-likeness (QED) is 0.696. The van der Waals surface area contributed by atoms with Crippen LogP contribution in [-0.2, 0) is 0 Å². The van der Waals surface area contributed by atoms with E-state index in [-0.39, 0.29) is 16.8 Å². The Kier molecular flexibility index (Phi) is 4.74. The molecule has 1 aliphatic heterocycles. The number of phenolic OH excluding ortho intramolecular Hbond substituents is 1. The van der Waals surface area contributed by atoms with Crippen molar-refractivity contribution in [3.05, 3.63) is 60.3 Å². The van der Waals surface area contributed by atoms with Gasteiger partial charge in [0.05, 0.1) is 6.20 Å². The van der Waals surface area contributed by atoms with E-state index in [1.54, 1.807) is 12.3 Å². The van der Waals surface area contributed by atoms with Crippen molar-refractivity contribution in [2.24, 2.45) is 0 Å². The summed E-state index contributed by atoms with van der Waals surface area (Å²) in [4.78, 5) is 4.47. The number of hydrogen-bond acceptors (Lipinski definition) is 5. The number of hydrogen-bond donors (Lipinski definition) is 2. The van der Waals surface area contributed by atoms with Crippen LogP contribution in [-0.4, -0.2) is 35.9 Å². The summed E-state index contributed by atoms with van der Waals surface area (Å²) in [6, 6.07) is 9.38. The Labute approximate surface area is 171 Å². The number of rotatable bonds is 3. The van der Waals surface area contributed by atoms with E-state index < -0.39 is 0 Å². The molecule has 29 heavy (non-hydrogen) atoms. The summed E-state index contributed by atoms with van der Waals surface area (Å²) in [5.74, 6) is 0.751. The third kappa shape index (κ3) is 4.38. The smallest absolute Gasteiger partial charge is 0.174 e. The van der Waals surface area contributed by atoms with Crippen molar-refractivity contribution in [1.82, 2.24) is 25.1 Å². The summed E-state index contributed by atoms with van der Waals surface area (Å²) in [6.07, 6.45) is 9.46. The first-order valence-electron chi connectivity index (χ1n) is 9.86. The van der Waals surface area contributed by atoms with Crippen LogP contribution in [0.2, 0.25) is 0 Å². The van der Waals surface area contributed by atoms with E-state index in [1.807, 2.05) is 47.3 Å². The molecule has 1 aliphatic rings. The largest absolute Gasteiger partial charge is 0.507 e. The van der Waals surface area contributed by atoms with Crippen LogP contribution in [0.1, 0.15) is 46.4 Å². The highest BCUT2D eigenvalue weighted by Crippen LogP contribution is 2.33. The Balaban J connectivity index is 1.57. The molecule has 150 valence electrons. The van der Waals surface area contributed by atoms with Gasteiger partial charge in [-0.3, -0.25) is 0 Å². The first kappa shape index (κ1) is 19.3. The molecule has 1 saturated heterocycles. The monoisotopic (exact) mass is 389 g/mol. The average Bonchev–Trinajstić information content (AvgIpc) is 3.14. The normalized spacial score (nSPS) is 17.9. The van der Waals surface area contributed by atoms with Crippen molar-refractivity contribution in [2.45, 2.75) is 51.6 Å². The van der Waals surface area contributed by atoms with E-state index in [1.165, 1.54) is 5.57 Å². The number of aromatic hydroxyl groups is 1. The van der Waals surface area contributed by atoms with E-state index >= 15 is 0 Å². The van der Waals surface area contributed by atoms with Crippen molar-refractivity contribution >= 4 is 6.08 Å². The van der Waals surface area contributed by atoms with Gasteiger partial charge in [0.2, 0.25) is 0 Å². The van der Waals surface area contributed by atoms with Crippen LogP contribution < -0.4 is 5.32 Å². The molecule has 0 amide bonds. The zero-order chi connectivity index (χ0) is 20.6. The first-order valence-corrected chi connectivity index (χ1v) is 9.86. The van der Waals surface area contributed by atoms with Gasteiger partial charge in [0.15, 0.2) is 5.82 Å². The summed E-state index contributed by atoms with van der Waals surface area (Å²) >= 11 is 0. The lowest BCUT2D eigenvalue weighted by Gasteiger charge is -2.43. The predicted octanol–water partition coefficient (Wildman–Crippen LogP) is 4.36. The fourth-order valence-corrected chi connectivity index (χ4v) is 4.36. The van der Waals surface area contributed by atoms with Gasteiger partial charge in [0, 0.05) is 40.8 Å². The molecule has 0 aliphatic carbocycles. The predicted molar refractivity (Wildman–Crippen MR) is 115 cm³/mol. The maximum atomic E-state index is 10.5. The summed E-state index contributed by atoms with van der Waals surface area (Å²) < 4.78 is 1.94. The van der Waals surface area contributed by atoms with Gasteiger partial charge in [-0.2, -0.15) is 0 Å². The summed E-state index contributed by atoms with van der Waals surface area (Å²) in [6.45, 7) is 8.85. The molecule has 0 radical (unpaired) electrons. The van der Waals surface area contributed by atoms with Crippen LogP contribution in [0.15, 0.2) is 54.5 Å². The van der Waals surface area contributed by atoms with Crippen LogP contribution in [0, 0.1) is 0 Å². The van der Waals surface area contributed by atoms with Gasteiger partial charge in [-0.25, -0.2) is 4.98 Å². The molecule has 2 aromatic heterocycles. The molecule has 0 atom stereocenters. The van der Waals surface area contributed by atoms with E-state index in [4.69, 9.17) is 0 Å². The molecule has 1 fully saturated rings. The van der Waals surface area contributed by atoms with E-state index in [9.17, 15) is 5.11 Å². The van der Waals surface area contributed by atoms with Crippen LogP contribution in [0.3, 0.4) is 0 Å².